The first-order valence-corrected chi connectivity index (χ1v) is 12.6. The van der Waals surface area contributed by atoms with Crippen molar-refractivity contribution < 1.29 is 12.8 Å². The molecular formula is C22H21ClFN3O2S2. The maximum absolute atomic E-state index is 13.3. The number of benzene rings is 2. The first-order valence-electron chi connectivity index (χ1n) is 9.84. The Morgan fingerprint density at radius 1 is 1.19 bits per heavy atom. The van der Waals surface area contributed by atoms with Gasteiger partial charge in [0.2, 0.25) is 0 Å². The summed E-state index contributed by atoms with van der Waals surface area (Å²) in [6.07, 6.45) is 6.85. The van der Waals surface area contributed by atoms with Crippen LogP contribution in [0.1, 0.15) is 24.8 Å². The molecule has 1 aliphatic carbocycles. The van der Waals surface area contributed by atoms with E-state index >= 15 is 0 Å². The molecule has 0 spiro atoms. The van der Waals surface area contributed by atoms with Gasteiger partial charge >= 0.3 is 0 Å². The fraction of sp³-hybridized carbons (Fsp3) is 0.227. The van der Waals surface area contributed by atoms with Crippen LogP contribution in [0.25, 0.3) is 5.57 Å². The number of rotatable bonds is 7. The van der Waals surface area contributed by atoms with E-state index in [4.69, 9.17) is 11.6 Å². The quantitative estimate of drug-likeness (QED) is 0.435. The Kier molecular flexibility index (Phi) is 6.60. The van der Waals surface area contributed by atoms with Crippen LogP contribution < -0.4 is 10.0 Å². The number of nitrogens with one attached hydrogen (secondary N) is 2. The molecule has 1 heterocycles. The monoisotopic (exact) mass is 477 g/mol. The second-order valence-electron chi connectivity index (χ2n) is 7.26. The Morgan fingerprint density at radius 2 is 2.00 bits per heavy atom. The highest BCUT2D eigenvalue weighted by Gasteiger charge is 2.21. The molecule has 4 rings (SSSR count). The predicted molar refractivity (Wildman–Crippen MR) is 125 cm³/mol. The summed E-state index contributed by atoms with van der Waals surface area (Å²) in [4.78, 5) is 4.01. The van der Waals surface area contributed by atoms with Crippen molar-refractivity contribution in [1.29, 1.82) is 0 Å². The molecule has 0 radical (unpaired) electrons. The zero-order valence-electron chi connectivity index (χ0n) is 16.5. The van der Waals surface area contributed by atoms with Gasteiger partial charge in [-0.3, -0.25) is 4.72 Å². The summed E-state index contributed by atoms with van der Waals surface area (Å²) >= 11 is 7.58. The van der Waals surface area contributed by atoms with Gasteiger partial charge in [-0.25, -0.2) is 17.8 Å². The summed E-state index contributed by atoms with van der Waals surface area (Å²) in [5.74, 6) is 0.00580. The van der Waals surface area contributed by atoms with Crippen molar-refractivity contribution >= 4 is 49.4 Å². The van der Waals surface area contributed by atoms with E-state index in [0.29, 0.717) is 22.4 Å². The number of sulfonamides is 1. The summed E-state index contributed by atoms with van der Waals surface area (Å²) in [5.41, 5.74) is 2.88. The van der Waals surface area contributed by atoms with E-state index in [0.717, 1.165) is 24.8 Å². The minimum absolute atomic E-state index is 0.0720. The Balaban J connectivity index is 1.46. The summed E-state index contributed by atoms with van der Waals surface area (Å²) < 4.78 is 40.8. The van der Waals surface area contributed by atoms with Crippen molar-refractivity contribution in [1.82, 2.24) is 4.98 Å². The van der Waals surface area contributed by atoms with Gasteiger partial charge in [-0.05, 0) is 60.7 Å². The first kappa shape index (κ1) is 21.8. The molecule has 1 aromatic heterocycles. The third-order valence-electron chi connectivity index (χ3n) is 5.18. The summed E-state index contributed by atoms with van der Waals surface area (Å²) in [7, 11) is -3.76. The van der Waals surface area contributed by atoms with E-state index in [1.54, 1.807) is 11.4 Å². The first-order chi connectivity index (χ1) is 14.9. The minimum Gasteiger partial charge on any atom is -0.383 e. The Bertz CT molecular complexity index is 1180. The largest absolute Gasteiger partial charge is 0.383 e. The Hall–Kier alpha value is -2.42. The van der Waals surface area contributed by atoms with Gasteiger partial charge in [0.05, 0.1) is 15.6 Å². The number of halogens is 2. The lowest BCUT2D eigenvalue weighted by molar-refractivity contribution is 0.579. The van der Waals surface area contributed by atoms with Crippen LogP contribution >= 0.6 is 22.9 Å². The third kappa shape index (κ3) is 5.26. The lowest BCUT2D eigenvalue weighted by Crippen LogP contribution is -2.19. The van der Waals surface area contributed by atoms with E-state index in [1.807, 2.05) is 12.1 Å². The van der Waals surface area contributed by atoms with Crippen molar-refractivity contribution in [2.75, 3.05) is 16.6 Å². The van der Waals surface area contributed by atoms with Crippen LogP contribution in [0.15, 0.2) is 65.0 Å². The van der Waals surface area contributed by atoms with E-state index < -0.39 is 10.0 Å². The normalized spacial score (nSPS) is 16.6. The molecule has 0 aliphatic heterocycles. The van der Waals surface area contributed by atoms with Gasteiger partial charge in [0, 0.05) is 24.0 Å². The number of anilines is 2. The lowest BCUT2D eigenvalue weighted by atomic mass is 9.83. The maximum atomic E-state index is 13.3. The number of hydrogen-bond acceptors (Lipinski definition) is 5. The molecule has 3 aromatic rings. The van der Waals surface area contributed by atoms with Crippen LogP contribution in [-0.2, 0) is 10.0 Å². The molecule has 162 valence electrons. The van der Waals surface area contributed by atoms with Gasteiger partial charge in [-0.15, -0.1) is 11.3 Å². The molecule has 9 heteroatoms. The molecule has 2 N–H and O–H groups in total. The molecule has 31 heavy (non-hydrogen) atoms. The van der Waals surface area contributed by atoms with Crippen LogP contribution in [0.4, 0.5) is 15.2 Å². The number of hydrogen-bond donors (Lipinski definition) is 2. The van der Waals surface area contributed by atoms with Gasteiger partial charge in [0.1, 0.15) is 5.82 Å². The fourth-order valence-electron chi connectivity index (χ4n) is 3.64. The summed E-state index contributed by atoms with van der Waals surface area (Å²) in [6, 6.07) is 11.2. The Morgan fingerprint density at radius 3 is 2.71 bits per heavy atom. The molecule has 0 amide bonds. The molecule has 5 nitrogen and oxygen atoms in total. The van der Waals surface area contributed by atoms with Crippen molar-refractivity contribution in [3.8, 4) is 0 Å². The van der Waals surface area contributed by atoms with Crippen LogP contribution in [0.5, 0.6) is 0 Å². The highest BCUT2D eigenvalue weighted by molar-refractivity contribution is 7.93. The molecule has 0 saturated heterocycles. The number of allylic oxidation sites excluding steroid dienone is 1. The zero-order chi connectivity index (χ0) is 21.8. The average molecular weight is 478 g/mol. The summed E-state index contributed by atoms with van der Waals surface area (Å²) in [6.45, 7) is 0.645. The van der Waals surface area contributed by atoms with Crippen molar-refractivity contribution in [2.24, 2.45) is 5.92 Å². The topological polar surface area (TPSA) is 71.1 Å². The van der Waals surface area contributed by atoms with Gasteiger partial charge < -0.3 is 5.32 Å². The second-order valence-corrected chi connectivity index (χ2v) is 10.2. The molecule has 1 unspecified atom stereocenters. The fourth-order valence-corrected chi connectivity index (χ4v) is 5.77. The minimum atomic E-state index is -3.76. The molecule has 0 bridgehead atoms. The van der Waals surface area contributed by atoms with Crippen molar-refractivity contribution in [2.45, 2.75) is 24.2 Å². The number of nitrogens with zero attached hydrogens (tertiary/aromatic N) is 1. The number of aromatic nitrogens is 1. The van der Waals surface area contributed by atoms with Gasteiger partial charge in [-0.2, -0.15) is 0 Å². The summed E-state index contributed by atoms with van der Waals surface area (Å²) in [5, 5.41) is 5.66. The van der Waals surface area contributed by atoms with Crippen molar-refractivity contribution in [3.63, 3.8) is 0 Å². The second kappa shape index (κ2) is 9.38. The molecule has 0 saturated carbocycles. The number of thiazole rings is 1. The van der Waals surface area contributed by atoms with E-state index in [-0.39, 0.29) is 16.6 Å². The highest BCUT2D eigenvalue weighted by atomic mass is 35.5. The molecule has 1 aliphatic rings. The highest BCUT2D eigenvalue weighted by Crippen LogP contribution is 2.34. The SMILES string of the molecule is O=S(=O)(Nc1nccs1)c1ccc(NCC2CCCC=C2c2ccc(F)cc2)c(Cl)c1. The molecule has 0 fully saturated rings. The smallest absolute Gasteiger partial charge is 0.263 e. The van der Waals surface area contributed by atoms with E-state index in [1.165, 1.54) is 47.4 Å². The van der Waals surface area contributed by atoms with Crippen LogP contribution in [0.2, 0.25) is 5.02 Å². The van der Waals surface area contributed by atoms with Gasteiger partial charge in [0.15, 0.2) is 5.13 Å². The zero-order valence-corrected chi connectivity index (χ0v) is 18.9. The standard InChI is InChI=1S/C22H21ClFN3O2S2/c23-20-13-18(31(28,29)27-22-25-11-12-30-22)9-10-21(20)26-14-16-3-1-2-4-19(16)15-5-7-17(24)8-6-15/h4-13,16,26H,1-3,14H2,(H,25,27). The van der Waals surface area contributed by atoms with E-state index in [9.17, 15) is 12.8 Å². The molecule has 1 atom stereocenters. The van der Waals surface area contributed by atoms with Crippen LogP contribution in [-0.4, -0.2) is 19.9 Å². The van der Waals surface area contributed by atoms with E-state index in [2.05, 4.69) is 21.1 Å². The predicted octanol–water partition coefficient (Wildman–Crippen LogP) is 6.03. The average Bonchev–Trinajstić information content (AvgIpc) is 3.26. The maximum Gasteiger partial charge on any atom is 0.263 e. The molecular weight excluding hydrogens is 457 g/mol. The van der Waals surface area contributed by atoms with Crippen molar-refractivity contribution in [3.05, 3.63) is 76.5 Å². The molecule has 2 aromatic carbocycles. The third-order valence-corrected chi connectivity index (χ3v) is 7.65. The Labute approximate surface area is 190 Å². The van der Waals surface area contributed by atoms with Crippen LogP contribution in [0, 0.1) is 11.7 Å². The van der Waals surface area contributed by atoms with Gasteiger partial charge in [0.25, 0.3) is 10.0 Å². The van der Waals surface area contributed by atoms with Gasteiger partial charge in [-0.1, -0.05) is 29.8 Å². The van der Waals surface area contributed by atoms with Crippen LogP contribution in [0.3, 0.4) is 0 Å². The lowest BCUT2D eigenvalue weighted by Gasteiger charge is -2.26.